The number of hydrogen-bond acceptors (Lipinski definition) is 4. The van der Waals surface area contributed by atoms with Crippen molar-refractivity contribution in [1.29, 1.82) is 0 Å². The molecule has 28 heavy (non-hydrogen) atoms. The van der Waals surface area contributed by atoms with E-state index in [-0.39, 0.29) is 17.4 Å². The number of nitrogens with zero attached hydrogens (tertiary/aromatic N) is 2. The molecule has 0 aromatic heterocycles. The Bertz CT molecular complexity index is 854. The smallest absolute Gasteiger partial charge is 0.256 e. The summed E-state index contributed by atoms with van der Waals surface area (Å²) in [4.78, 5) is 16.8. The summed E-state index contributed by atoms with van der Waals surface area (Å²) in [6.07, 6.45) is 2.54. The number of amides is 1. The van der Waals surface area contributed by atoms with Gasteiger partial charge in [0, 0.05) is 19.2 Å². The van der Waals surface area contributed by atoms with Crippen molar-refractivity contribution in [3.05, 3.63) is 65.5 Å². The summed E-state index contributed by atoms with van der Waals surface area (Å²) < 4.78 is 14.2. The molecule has 0 aliphatic carbocycles. The molecule has 2 aromatic rings. The third-order valence-corrected chi connectivity index (χ3v) is 6.03. The van der Waals surface area contributed by atoms with Gasteiger partial charge in [0.05, 0.1) is 11.6 Å². The predicted octanol–water partition coefficient (Wildman–Crippen LogP) is 2.73. The summed E-state index contributed by atoms with van der Waals surface area (Å²) in [7, 11) is 0. The molecule has 2 atom stereocenters. The molecule has 148 valence electrons. The standard InChI is InChI=1S/C22H25FN2O3/c23-19-14-17(26)8-9-18(19)21(27)25-13-10-22(28,16-6-2-1-3-7-16)20(15-25)24-11-4-5-12-24/h1-3,6-9,14,20,26,28H,4-5,10-13,15H2/t20-,22+/m1/s1. The van der Waals surface area contributed by atoms with Gasteiger partial charge in [0.2, 0.25) is 0 Å². The van der Waals surface area contributed by atoms with E-state index in [4.69, 9.17) is 0 Å². The Kier molecular flexibility index (Phi) is 5.08. The summed E-state index contributed by atoms with van der Waals surface area (Å²) >= 11 is 0. The van der Waals surface area contributed by atoms with E-state index >= 15 is 0 Å². The number of aliphatic hydroxyl groups is 1. The molecular weight excluding hydrogens is 359 g/mol. The van der Waals surface area contributed by atoms with Gasteiger partial charge in [-0.1, -0.05) is 30.3 Å². The first kappa shape index (κ1) is 18.9. The lowest BCUT2D eigenvalue weighted by Gasteiger charge is -2.48. The highest BCUT2D eigenvalue weighted by Crippen LogP contribution is 2.37. The maximum Gasteiger partial charge on any atom is 0.256 e. The first-order valence-electron chi connectivity index (χ1n) is 9.79. The van der Waals surface area contributed by atoms with Gasteiger partial charge in [-0.2, -0.15) is 0 Å². The summed E-state index contributed by atoms with van der Waals surface area (Å²) in [5.74, 6) is -1.34. The van der Waals surface area contributed by atoms with Gasteiger partial charge in [0.1, 0.15) is 17.2 Å². The molecule has 0 bridgehead atoms. The highest BCUT2D eigenvalue weighted by molar-refractivity contribution is 5.94. The Hall–Kier alpha value is -2.44. The van der Waals surface area contributed by atoms with Crippen LogP contribution >= 0.6 is 0 Å². The van der Waals surface area contributed by atoms with Crippen molar-refractivity contribution < 1.29 is 19.4 Å². The van der Waals surface area contributed by atoms with Crippen molar-refractivity contribution >= 4 is 5.91 Å². The molecule has 0 saturated carbocycles. The summed E-state index contributed by atoms with van der Waals surface area (Å²) in [5, 5.41) is 21.0. The van der Waals surface area contributed by atoms with Crippen molar-refractivity contribution in [3.8, 4) is 5.75 Å². The normalized spacial score (nSPS) is 25.8. The Labute approximate surface area is 164 Å². The van der Waals surface area contributed by atoms with E-state index in [0.717, 1.165) is 37.6 Å². The fraction of sp³-hybridized carbons (Fsp3) is 0.409. The van der Waals surface area contributed by atoms with Gasteiger partial charge in [-0.05, 0) is 50.0 Å². The van der Waals surface area contributed by atoms with E-state index < -0.39 is 17.3 Å². The molecule has 2 aliphatic rings. The molecule has 5 nitrogen and oxygen atoms in total. The van der Waals surface area contributed by atoms with Crippen LogP contribution in [0, 0.1) is 5.82 Å². The van der Waals surface area contributed by atoms with E-state index in [2.05, 4.69) is 4.90 Å². The summed E-state index contributed by atoms with van der Waals surface area (Å²) in [5.41, 5.74) is -0.242. The molecule has 2 heterocycles. The molecule has 0 unspecified atom stereocenters. The molecule has 1 amide bonds. The van der Waals surface area contributed by atoms with Crippen molar-refractivity contribution in [3.63, 3.8) is 0 Å². The molecule has 2 saturated heterocycles. The van der Waals surface area contributed by atoms with Crippen LogP contribution in [0.25, 0.3) is 0 Å². The number of phenolic OH excluding ortho intramolecular Hbond substituents is 1. The second kappa shape index (κ2) is 7.53. The number of benzene rings is 2. The Balaban J connectivity index is 1.63. The van der Waals surface area contributed by atoms with E-state index in [1.165, 1.54) is 12.1 Å². The summed E-state index contributed by atoms with van der Waals surface area (Å²) in [6, 6.07) is 13.0. The van der Waals surface area contributed by atoms with Crippen molar-refractivity contribution in [2.75, 3.05) is 26.2 Å². The third kappa shape index (κ3) is 3.38. The molecule has 6 heteroatoms. The van der Waals surface area contributed by atoms with Crippen LogP contribution in [0.4, 0.5) is 4.39 Å². The maximum atomic E-state index is 14.2. The van der Waals surface area contributed by atoms with E-state index in [1.54, 1.807) is 4.90 Å². The molecule has 4 rings (SSSR count). The fourth-order valence-corrected chi connectivity index (χ4v) is 4.49. The second-order valence-electron chi connectivity index (χ2n) is 7.71. The van der Waals surface area contributed by atoms with Crippen molar-refractivity contribution in [2.24, 2.45) is 0 Å². The second-order valence-corrected chi connectivity index (χ2v) is 7.71. The number of aromatic hydroxyl groups is 1. The molecule has 2 N–H and O–H groups in total. The Morgan fingerprint density at radius 3 is 2.46 bits per heavy atom. The predicted molar refractivity (Wildman–Crippen MR) is 104 cm³/mol. The number of phenols is 1. The lowest BCUT2D eigenvalue weighted by molar-refractivity contribution is -0.0878. The number of rotatable bonds is 3. The van der Waals surface area contributed by atoms with E-state index in [9.17, 15) is 19.4 Å². The minimum atomic E-state index is -1.05. The topological polar surface area (TPSA) is 64.0 Å². The van der Waals surface area contributed by atoms with Gasteiger partial charge >= 0.3 is 0 Å². The number of carbonyl (C=O) groups excluding carboxylic acids is 1. The monoisotopic (exact) mass is 384 g/mol. The molecule has 2 aromatic carbocycles. The van der Waals surface area contributed by atoms with Gasteiger partial charge in [0.15, 0.2) is 0 Å². The van der Waals surface area contributed by atoms with Crippen LogP contribution < -0.4 is 0 Å². The largest absolute Gasteiger partial charge is 0.508 e. The average molecular weight is 384 g/mol. The zero-order valence-corrected chi connectivity index (χ0v) is 15.7. The average Bonchev–Trinajstić information content (AvgIpc) is 3.23. The molecule has 0 spiro atoms. The van der Waals surface area contributed by atoms with Crippen molar-refractivity contribution in [1.82, 2.24) is 9.80 Å². The Morgan fingerprint density at radius 1 is 1.07 bits per heavy atom. The van der Waals surface area contributed by atoms with Crippen LogP contribution in [0.3, 0.4) is 0 Å². The highest BCUT2D eigenvalue weighted by atomic mass is 19.1. The minimum Gasteiger partial charge on any atom is -0.508 e. The quantitative estimate of drug-likeness (QED) is 0.854. The summed E-state index contributed by atoms with van der Waals surface area (Å²) in [6.45, 7) is 2.45. The maximum absolute atomic E-state index is 14.2. The number of piperidine rings is 1. The zero-order chi connectivity index (χ0) is 19.7. The first-order chi connectivity index (χ1) is 13.5. The van der Waals surface area contributed by atoms with Crippen LogP contribution in [-0.4, -0.2) is 58.1 Å². The Morgan fingerprint density at radius 2 is 1.79 bits per heavy atom. The van der Waals surface area contributed by atoms with Crippen LogP contribution in [0.15, 0.2) is 48.5 Å². The minimum absolute atomic E-state index is 0.0527. The van der Waals surface area contributed by atoms with Crippen LogP contribution in [-0.2, 0) is 5.60 Å². The van der Waals surface area contributed by atoms with Gasteiger partial charge in [-0.15, -0.1) is 0 Å². The number of halogens is 1. The number of hydrogen-bond donors (Lipinski definition) is 2. The fourth-order valence-electron chi connectivity index (χ4n) is 4.49. The van der Waals surface area contributed by atoms with E-state index in [1.807, 2.05) is 30.3 Å². The highest BCUT2D eigenvalue weighted by Gasteiger charge is 2.47. The third-order valence-electron chi connectivity index (χ3n) is 6.03. The molecule has 0 radical (unpaired) electrons. The lowest BCUT2D eigenvalue weighted by Crippen LogP contribution is -2.61. The van der Waals surface area contributed by atoms with Gasteiger partial charge in [-0.25, -0.2) is 4.39 Å². The van der Waals surface area contributed by atoms with Gasteiger partial charge < -0.3 is 15.1 Å². The van der Waals surface area contributed by atoms with Gasteiger partial charge in [0.25, 0.3) is 5.91 Å². The molecule has 2 aliphatic heterocycles. The van der Waals surface area contributed by atoms with Crippen LogP contribution in [0.1, 0.15) is 35.2 Å². The van der Waals surface area contributed by atoms with Crippen molar-refractivity contribution in [2.45, 2.75) is 30.9 Å². The van der Waals surface area contributed by atoms with Crippen LogP contribution in [0.5, 0.6) is 5.75 Å². The zero-order valence-electron chi connectivity index (χ0n) is 15.7. The lowest BCUT2D eigenvalue weighted by atomic mass is 9.79. The molecular formula is C22H25FN2O3. The van der Waals surface area contributed by atoms with Gasteiger partial charge in [-0.3, -0.25) is 9.69 Å². The first-order valence-corrected chi connectivity index (χ1v) is 9.79. The molecule has 2 fully saturated rings. The van der Waals surface area contributed by atoms with E-state index in [0.29, 0.717) is 19.5 Å². The van der Waals surface area contributed by atoms with Crippen LogP contribution in [0.2, 0.25) is 0 Å². The SMILES string of the molecule is O=C(c1ccc(O)cc1F)N1CC[C@](O)(c2ccccc2)[C@H](N2CCCC2)C1. The number of carbonyl (C=O) groups is 1. The number of likely N-dealkylation sites (tertiary alicyclic amines) is 2.